The number of hydrogen-bond donors (Lipinski definition) is 3. The van der Waals surface area contributed by atoms with Gasteiger partial charge in [0.1, 0.15) is 0 Å². The summed E-state index contributed by atoms with van der Waals surface area (Å²) < 4.78 is 1.25. The zero-order chi connectivity index (χ0) is 22.0. The molecule has 0 unspecified atom stereocenters. The Balaban J connectivity index is 1.60. The van der Waals surface area contributed by atoms with E-state index in [-0.39, 0.29) is 22.9 Å². The molecule has 3 N–H and O–H groups in total. The lowest BCUT2D eigenvalue weighted by Crippen LogP contribution is -2.43. The second kappa shape index (κ2) is 8.23. The third kappa shape index (κ3) is 3.80. The molecule has 0 spiro atoms. The van der Waals surface area contributed by atoms with Gasteiger partial charge in [0, 0.05) is 10.9 Å². The Kier molecular flexibility index (Phi) is 5.31. The maximum atomic E-state index is 12.8. The molecule has 0 aliphatic rings. The average Bonchev–Trinajstić information content (AvgIpc) is 3.28. The van der Waals surface area contributed by atoms with Gasteiger partial charge >= 0.3 is 0 Å². The molecule has 4 aromatic rings. The second-order valence-electron chi connectivity index (χ2n) is 7.17. The largest absolute Gasteiger partial charge is 0.290 e. The standard InChI is InChI=1S/C22H20N6O3/c1-13(2)28-22(31)16-11-7-6-10-15(16)19(27-28)21(30)26-25-20(29)17-12-23-24-18(17)14-8-4-3-5-9-14/h3-13H,1-2H3,(H,23,24)(H,25,29)(H,26,30). The summed E-state index contributed by atoms with van der Waals surface area (Å²) in [6.45, 7) is 3.60. The quantitative estimate of drug-likeness (QED) is 0.441. The summed E-state index contributed by atoms with van der Waals surface area (Å²) in [6, 6.07) is 15.7. The minimum absolute atomic E-state index is 0.0414. The third-order valence-corrected chi connectivity index (χ3v) is 4.77. The van der Waals surface area contributed by atoms with Crippen LogP contribution in [0.2, 0.25) is 0 Å². The lowest BCUT2D eigenvalue weighted by Gasteiger charge is -2.13. The number of aromatic amines is 1. The van der Waals surface area contributed by atoms with Crippen molar-refractivity contribution in [2.24, 2.45) is 0 Å². The summed E-state index contributed by atoms with van der Waals surface area (Å²) in [5, 5.41) is 11.7. The van der Waals surface area contributed by atoms with Gasteiger partial charge in [0.15, 0.2) is 5.69 Å². The zero-order valence-corrected chi connectivity index (χ0v) is 16.9. The number of nitrogens with zero attached hydrogens (tertiary/aromatic N) is 3. The highest BCUT2D eigenvalue weighted by Gasteiger charge is 2.20. The molecular formula is C22H20N6O3. The van der Waals surface area contributed by atoms with E-state index in [0.29, 0.717) is 16.5 Å². The minimum Gasteiger partial charge on any atom is -0.277 e. The van der Waals surface area contributed by atoms with Crippen LogP contribution in [0.5, 0.6) is 0 Å². The number of H-pyrrole nitrogens is 1. The van der Waals surface area contributed by atoms with Crippen LogP contribution in [0.1, 0.15) is 40.7 Å². The predicted octanol–water partition coefficient (Wildman–Crippen LogP) is 2.44. The van der Waals surface area contributed by atoms with Crippen molar-refractivity contribution in [3.05, 3.63) is 82.4 Å². The number of hydrogen-bond acceptors (Lipinski definition) is 5. The first-order valence-corrected chi connectivity index (χ1v) is 9.68. The van der Waals surface area contributed by atoms with Gasteiger partial charge in [0.25, 0.3) is 17.4 Å². The molecular weight excluding hydrogens is 396 g/mol. The highest BCUT2D eigenvalue weighted by Crippen LogP contribution is 2.20. The lowest BCUT2D eigenvalue weighted by atomic mass is 10.1. The molecule has 0 fully saturated rings. The molecule has 31 heavy (non-hydrogen) atoms. The Bertz CT molecular complexity index is 1320. The Morgan fingerprint density at radius 2 is 1.58 bits per heavy atom. The van der Waals surface area contributed by atoms with Gasteiger partial charge in [-0.25, -0.2) is 4.68 Å². The van der Waals surface area contributed by atoms with Crippen LogP contribution in [0.3, 0.4) is 0 Å². The monoisotopic (exact) mass is 416 g/mol. The Morgan fingerprint density at radius 1 is 0.935 bits per heavy atom. The van der Waals surface area contributed by atoms with Gasteiger partial charge in [0.2, 0.25) is 0 Å². The van der Waals surface area contributed by atoms with Crippen LogP contribution in [0.25, 0.3) is 22.0 Å². The van der Waals surface area contributed by atoms with Crippen molar-refractivity contribution in [2.45, 2.75) is 19.9 Å². The van der Waals surface area contributed by atoms with Crippen molar-refractivity contribution in [2.75, 3.05) is 0 Å². The Labute approximate surface area is 177 Å². The smallest absolute Gasteiger partial charge is 0.277 e. The van der Waals surface area contributed by atoms with E-state index in [4.69, 9.17) is 0 Å². The first-order valence-electron chi connectivity index (χ1n) is 9.68. The minimum atomic E-state index is -0.635. The fourth-order valence-corrected chi connectivity index (χ4v) is 3.25. The Morgan fingerprint density at radius 3 is 2.29 bits per heavy atom. The summed E-state index contributed by atoms with van der Waals surface area (Å²) in [4.78, 5) is 38.1. The van der Waals surface area contributed by atoms with Crippen molar-refractivity contribution in [1.82, 2.24) is 30.8 Å². The fourth-order valence-electron chi connectivity index (χ4n) is 3.25. The van der Waals surface area contributed by atoms with Crippen molar-refractivity contribution in [3.63, 3.8) is 0 Å². The maximum Gasteiger partial charge on any atom is 0.290 e. The number of rotatable bonds is 4. The number of carbonyl (C=O) groups is 2. The third-order valence-electron chi connectivity index (χ3n) is 4.77. The van der Waals surface area contributed by atoms with Gasteiger partial charge in [-0.3, -0.25) is 30.3 Å². The van der Waals surface area contributed by atoms with Crippen LogP contribution in [0.15, 0.2) is 65.6 Å². The maximum absolute atomic E-state index is 12.8. The number of benzene rings is 2. The summed E-state index contributed by atoms with van der Waals surface area (Å²) >= 11 is 0. The van der Waals surface area contributed by atoms with Crippen LogP contribution < -0.4 is 16.4 Å². The predicted molar refractivity (Wildman–Crippen MR) is 115 cm³/mol. The topological polar surface area (TPSA) is 122 Å². The normalized spacial score (nSPS) is 10.9. The second-order valence-corrected chi connectivity index (χ2v) is 7.17. The Hall–Kier alpha value is -4.27. The van der Waals surface area contributed by atoms with E-state index in [0.717, 1.165) is 5.56 Å². The van der Waals surface area contributed by atoms with E-state index >= 15 is 0 Å². The summed E-state index contributed by atoms with van der Waals surface area (Å²) in [6.07, 6.45) is 1.39. The molecule has 2 aromatic carbocycles. The van der Waals surface area contributed by atoms with E-state index in [2.05, 4.69) is 26.1 Å². The number of fused-ring (bicyclic) bond motifs is 1. The van der Waals surface area contributed by atoms with E-state index in [9.17, 15) is 14.4 Å². The molecule has 0 saturated heterocycles. The van der Waals surface area contributed by atoms with Crippen LogP contribution in [0, 0.1) is 0 Å². The van der Waals surface area contributed by atoms with E-state index in [1.54, 1.807) is 38.1 Å². The first-order chi connectivity index (χ1) is 15.0. The van der Waals surface area contributed by atoms with Gasteiger partial charge in [-0.2, -0.15) is 10.2 Å². The van der Waals surface area contributed by atoms with Crippen molar-refractivity contribution in [1.29, 1.82) is 0 Å². The van der Waals surface area contributed by atoms with E-state index in [1.165, 1.54) is 10.9 Å². The van der Waals surface area contributed by atoms with Crippen LogP contribution in [0.4, 0.5) is 0 Å². The van der Waals surface area contributed by atoms with Crippen LogP contribution in [-0.4, -0.2) is 31.8 Å². The van der Waals surface area contributed by atoms with Crippen LogP contribution in [-0.2, 0) is 0 Å². The molecule has 9 heteroatoms. The summed E-state index contributed by atoms with van der Waals surface area (Å²) in [5.74, 6) is -1.17. The van der Waals surface area contributed by atoms with Crippen molar-refractivity contribution >= 4 is 22.6 Å². The lowest BCUT2D eigenvalue weighted by molar-refractivity contribution is 0.0844. The number of nitrogens with one attached hydrogen (secondary N) is 3. The molecule has 2 amide bonds. The molecule has 0 radical (unpaired) electrons. The van der Waals surface area contributed by atoms with Gasteiger partial charge in [-0.1, -0.05) is 48.5 Å². The highest BCUT2D eigenvalue weighted by molar-refractivity contribution is 6.06. The summed E-state index contributed by atoms with van der Waals surface area (Å²) in [5.41, 5.74) is 6.13. The molecule has 156 valence electrons. The number of aromatic nitrogens is 4. The SMILES string of the molecule is CC(C)n1nc(C(=O)NNC(=O)c2cn[nH]c2-c2ccccc2)c2ccccc2c1=O. The molecule has 0 bridgehead atoms. The number of carbonyl (C=O) groups excluding carboxylic acids is 2. The average molecular weight is 416 g/mol. The van der Waals surface area contributed by atoms with Gasteiger partial charge in [-0.15, -0.1) is 0 Å². The molecule has 2 aromatic heterocycles. The zero-order valence-electron chi connectivity index (χ0n) is 16.9. The molecule has 0 saturated carbocycles. The highest BCUT2D eigenvalue weighted by atomic mass is 16.2. The van der Waals surface area contributed by atoms with Gasteiger partial charge in [0.05, 0.1) is 28.9 Å². The molecule has 0 atom stereocenters. The first kappa shape index (κ1) is 20.0. The van der Waals surface area contributed by atoms with E-state index in [1.807, 2.05) is 30.3 Å². The molecule has 4 rings (SSSR count). The fraction of sp³-hybridized carbons (Fsp3) is 0.136. The van der Waals surface area contributed by atoms with Crippen molar-refractivity contribution < 1.29 is 9.59 Å². The van der Waals surface area contributed by atoms with Crippen molar-refractivity contribution in [3.8, 4) is 11.3 Å². The number of amides is 2. The van der Waals surface area contributed by atoms with E-state index < -0.39 is 11.8 Å². The molecule has 0 aliphatic carbocycles. The number of hydrazine groups is 1. The van der Waals surface area contributed by atoms with Crippen LogP contribution >= 0.6 is 0 Å². The molecule has 0 aliphatic heterocycles. The summed E-state index contributed by atoms with van der Waals surface area (Å²) in [7, 11) is 0. The van der Waals surface area contributed by atoms with Gasteiger partial charge < -0.3 is 0 Å². The van der Waals surface area contributed by atoms with Gasteiger partial charge in [-0.05, 0) is 19.9 Å². The molecule has 2 heterocycles. The molecule has 9 nitrogen and oxygen atoms in total.